The molecular formula is C6H8ClNO2. The largest absolute Gasteiger partial charge is 0.344 e. The molecule has 1 amide bonds. The van der Waals surface area contributed by atoms with E-state index in [1.54, 1.807) is 14.1 Å². The first-order valence-corrected chi connectivity index (χ1v) is 3.18. The number of rotatable bonds is 2. The average Bonchev–Trinajstić information content (AvgIpc) is 1.90. The molecule has 10 heavy (non-hydrogen) atoms. The van der Waals surface area contributed by atoms with Gasteiger partial charge in [0.25, 0.3) is 5.91 Å². The van der Waals surface area contributed by atoms with Crippen molar-refractivity contribution >= 4 is 23.4 Å². The van der Waals surface area contributed by atoms with Gasteiger partial charge >= 0.3 is 0 Å². The summed E-state index contributed by atoms with van der Waals surface area (Å²) in [6, 6.07) is 0. The molecule has 0 saturated heterocycles. The molecular weight excluding hydrogens is 154 g/mol. The van der Waals surface area contributed by atoms with Crippen LogP contribution in [0.15, 0.2) is 5.57 Å². The fourth-order valence-corrected chi connectivity index (χ4v) is 0.567. The van der Waals surface area contributed by atoms with Crippen LogP contribution in [0.2, 0.25) is 0 Å². The molecule has 0 radical (unpaired) electrons. The van der Waals surface area contributed by atoms with Crippen molar-refractivity contribution in [2.75, 3.05) is 20.0 Å². The molecule has 0 heterocycles. The fraction of sp³-hybridized carbons (Fsp3) is 0.500. The summed E-state index contributed by atoms with van der Waals surface area (Å²) in [5, 5.41) is 0. The number of amides is 1. The molecule has 0 aliphatic heterocycles. The summed E-state index contributed by atoms with van der Waals surface area (Å²) in [5.74, 6) is 1.01. The smallest absolute Gasteiger partial charge is 0.261 e. The summed E-state index contributed by atoms with van der Waals surface area (Å²) < 4.78 is 0. The van der Waals surface area contributed by atoms with Crippen LogP contribution in [0.25, 0.3) is 0 Å². The molecule has 0 aliphatic carbocycles. The molecule has 0 saturated carbocycles. The zero-order valence-electron chi connectivity index (χ0n) is 5.85. The molecule has 56 valence electrons. The lowest BCUT2D eigenvalue weighted by Crippen LogP contribution is -2.24. The SMILES string of the molecule is CN(C)C(=O)C(=C=O)CCl. The van der Waals surface area contributed by atoms with Crippen LogP contribution in [0.5, 0.6) is 0 Å². The summed E-state index contributed by atoms with van der Waals surface area (Å²) in [6.45, 7) is 0. The summed E-state index contributed by atoms with van der Waals surface area (Å²) in [4.78, 5) is 22.1. The molecule has 0 aromatic rings. The van der Waals surface area contributed by atoms with Crippen LogP contribution in [0.4, 0.5) is 0 Å². The first-order chi connectivity index (χ1) is 4.63. The lowest BCUT2D eigenvalue weighted by Gasteiger charge is -2.07. The van der Waals surface area contributed by atoms with Gasteiger partial charge in [0.05, 0.1) is 5.88 Å². The van der Waals surface area contributed by atoms with Crippen molar-refractivity contribution in [3.63, 3.8) is 0 Å². The predicted molar refractivity (Wildman–Crippen MR) is 38.6 cm³/mol. The Morgan fingerprint density at radius 1 is 1.60 bits per heavy atom. The number of carbonyl (C=O) groups is 1. The van der Waals surface area contributed by atoms with Gasteiger partial charge in [-0.15, -0.1) is 11.6 Å². The molecule has 0 unspecified atom stereocenters. The quantitative estimate of drug-likeness (QED) is 0.327. The minimum absolute atomic E-state index is 0.0355. The number of alkyl halides is 1. The minimum Gasteiger partial charge on any atom is -0.344 e. The summed E-state index contributed by atoms with van der Waals surface area (Å²) in [6.07, 6.45) is 0. The zero-order valence-corrected chi connectivity index (χ0v) is 6.60. The number of hydrogen-bond acceptors (Lipinski definition) is 2. The third kappa shape index (κ3) is 2.21. The second-order valence-electron chi connectivity index (χ2n) is 1.91. The summed E-state index contributed by atoms with van der Waals surface area (Å²) >= 11 is 5.26. The first kappa shape index (κ1) is 9.21. The highest BCUT2D eigenvalue weighted by Gasteiger charge is 2.10. The Bertz CT molecular complexity index is 182. The second kappa shape index (κ2) is 4.09. The van der Waals surface area contributed by atoms with E-state index in [1.807, 2.05) is 0 Å². The molecule has 0 aromatic heterocycles. The van der Waals surface area contributed by atoms with Crippen molar-refractivity contribution in [1.29, 1.82) is 0 Å². The molecule has 0 aromatic carbocycles. The molecule has 0 aliphatic rings. The Kier molecular flexibility index (Phi) is 3.77. The number of hydrogen-bond donors (Lipinski definition) is 0. The summed E-state index contributed by atoms with van der Waals surface area (Å²) in [5.41, 5.74) is -0.0355. The number of halogens is 1. The monoisotopic (exact) mass is 161 g/mol. The molecule has 0 atom stereocenters. The average molecular weight is 162 g/mol. The van der Waals surface area contributed by atoms with E-state index in [0.717, 1.165) is 0 Å². The van der Waals surface area contributed by atoms with Gasteiger partial charge in [-0.05, 0) is 0 Å². The Hall–Kier alpha value is -0.790. The number of likely N-dealkylation sites (N-methyl/N-ethyl adjacent to an activating group) is 1. The molecule has 3 nitrogen and oxygen atoms in total. The highest BCUT2D eigenvalue weighted by molar-refractivity contribution is 6.24. The van der Waals surface area contributed by atoms with Crippen molar-refractivity contribution in [3.05, 3.63) is 5.57 Å². The van der Waals surface area contributed by atoms with Gasteiger partial charge in [-0.1, -0.05) is 0 Å². The van der Waals surface area contributed by atoms with Crippen molar-refractivity contribution in [2.45, 2.75) is 0 Å². The topological polar surface area (TPSA) is 37.4 Å². The maximum atomic E-state index is 10.8. The van der Waals surface area contributed by atoms with Gasteiger partial charge in [0.2, 0.25) is 0 Å². The lowest BCUT2D eigenvalue weighted by atomic mass is 10.3. The van der Waals surface area contributed by atoms with Gasteiger partial charge in [0, 0.05) is 14.1 Å². The van der Waals surface area contributed by atoms with E-state index in [0.29, 0.717) is 0 Å². The Labute approximate surface area is 64.3 Å². The van der Waals surface area contributed by atoms with Crippen LogP contribution < -0.4 is 0 Å². The second-order valence-corrected chi connectivity index (χ2v) is 2.18. The van der Waals surface area contributed by atoms with E-state index in [9.17, 15) is 9.59 Å². The number of carbonyl (C=O) groups excluding carboxylic acids is 2. The van der Waals surface area contributed by atoms with Gasteiger partial charge in [0.15, 0.2) is 0 Å². The third-order valence-electron chi connectivity index (χ3n) is 0.921. The molecule has 0 spiro atoms. The van der Waals surface area contributed by atoms with Crippen molar-refractivity contribution in [2.24, 2.45) is 0 Å². The van der Waals surface area contributed by atoms with Crippen LogP contribution in [0.3, 0.4) is 0 Å². The maximum Gasteiger partial charge on any atom is 0.261 e. The van der Waals surface area contributed by atoms with Gasteiger partial charge in [-0.25, -0.2) is 4.79 Å². The van der Waals surface area contributed by atoms with E-state index >= 15 is 0 Å². The standard InChI is InChI=1S/C6H8ClNO2/c1-8(2)6(10)5(3-7)4-9/h3H2,1-2H3. The summed E-state index contributed by atoms with van der Waals surface area (Å²) in [7, 11) is 3.10. The van der Waals surface area contributed by atoms with Gasteiger partial charge in [-0.2, -0.15) is 0 Å². The van der Waals surface area contributed by atoms with Crippen molar-refractivity contribution < 1.29 is 9.59 Å². The van der Waals surface area contributed by atoms with Gasteiger partial charge in [0.1, 0.15) is 11.5 Å². The molecule has 0 fully saturated rings. The van der Waals surface area contributed by atoms with Crippen LogP contribution in [0.1, 0.15) is 0 Å². The van der Waals surface area contributed by atoms with Crippen molar-refractivity contribution in [3.8, 4) is 0 Å². The van der Waals surface area contributed by atoms with E-state index < -0.39 is 0 Å². The Morgan fingerprint density at radius 2 is 2.10 bits per heavy atom. The zero-order chi connectivity index (χ0) is 8.15. The van der Waals surface area contributed by atoms with E-state index in [2.05, 4.69) is 0 Å². The van der Waals surface area contributed by atoms with Crippen LogP contribution in [-0.2, 0) is 9.59 Å². The maximum absolute atomic E-state index is 10.8. The number of nitrogens with zero attached hydrogens (tertiary/aromatic N) is 1. The molecule has 0 rings (SSSR count). The van der Waals surface area contributed by atoms with E-state index in [1.165, 1.54) is 10.8 Å². The normalized spacial score (nSPS) is 8.30. The fourth-order valence-electron chi connectivity index (χ4n) is 0.398. The molecule has 0 bridgehead atoms. The Balaban J connectivity index is 4.33. The highest BCUT2D eigenvalue weighted by atomic mass is 35.5. The highest BCUT2D eigenvalue weighted by Crippen LogP contribution is 1.95. The molecule has 4 heteroatoms. The first-order valence-electron chi connectivity index (χ1n) is 2.65. The van der Waals surface area contributed by atoms with Crippen LogP contribution in [0, 0.1) is 0 Å². The lowest BCUT2D eigenvalue weighted by molar-refractivity contribution is -0.124. The van der Waals surface area contributed by atoms with Crippen LogP contribution >= 0.6 is 11.6 Å². The predicted octanol–water partition coefficient (Wildman–Crippen LogP) is 0.0714. The third-order valence-corrected chi connectivity index (χ3v) is 1.19. The van der Waals surface area contributed by atoms with Crippen molar-refractivity contribution in [1.82, 2.24) is 4.90 Å². The minimum atomic E-state index is -0.384. The van der Waals surface area contributed by atoms with Gasteiger partial charge < -0.3 is 4.90 Å². The molecule has 0 N–H and O–H groups in total. The van der Waals surface area contributed by atoms with E-state index in [-0.39, 0.29) is 17.4 Å². The van der Waals surface area contributed by atoms with Gasteiger partial charge in [-0.3, -0.25) is 4.79 Å². The van der Waals surface area contributed by atoms with Crippen LogP contribution in [-0.4, -0.2) is 36.7 Å². The van der Waals surface area contributed by atoms with E-state index in [4.69, 9.17) is 11.6 Å². The Morgan fingerprint density at radius 3 is 2.20 bits per heavy atom.